The lowest BCUT2D eigenvalue weighted by Crippen LogP contribution is -2.52. The molecule has 0 aliphatic carbocycles. The highest BCUT2D eigenvalue weighted by Gasteiger charge is 2.38. The van der Waals surface area contributed by atoms with Crippen LogP contribution in [0, 0.1) is 0 Å². The molecule has 26 heavy (non-hydrogen) atoms. The van der Waals surface area contributed by atoms with Crippen LogP contribution in [0.4, 0.5) is 10.5 Å². The summed E-state index contributed by atoms with van der Waals surface area (Å²) < 4.78 is 6.31. The second-order valence-corrected chi connectivity index (χ2v) is 9.09. The molecule has 1 heterocycles. The van der Waals surface area contributed by atoms with Crippen molar-refractivity contribution >= 4 is 33.6 Å². The standard InChI is InChI=1S/C19H28BrN3O3/c1-18(2,3)26-17(25)23-10-6-7-15(23)16(24)22-19(4,5)13-9-8-12(20)11-14(13)21/h8-9,11,15H,6-7,10,21H2,1-5H3,(H,22,24)/t15-/m0/s1. The first-order valence-electron chi connectivity index (χ1n) is 8.78. The van der Waals surface area contributed by atoms with Crippen molar-refractivity contribution in [3.63, 3.8) is 0 Å². The first-order valence-corrected chi connectivity index (χ1v) is 9.57. The minimum absolute atomic E-state index is 0.194. The third-order valence-electron chi connectivity index (χ3n) is 4.31. The number of hydrogen-bond donors (Lipinski definition) is 2. The fourth-order valence-electron chi connectivity index (χ4n) is 3.14. The van der Waals surface area contributed by atoms with Gasteiger partial charge in [0.2, 0.25) is 5.91 Å². The normalized spacial score (nSPS) is 17.9. The van der Waals surface area contributed by atoms with E-state index in [2.05, 4.69) is 21.2 Å². The molecule has 144 valence electrons. The van der Waals surface area contributed by atoms with E-state index in [1.165, 1.54) is 4.90 Å². The fourth-order valence-corrected chi connectivity index (χ4v) is 3.52. The monoisotopic (exact) mass is 425 g/mol. The second-order valence-electron chi connectivity index (χ2n) is 8.18. The predicted molar refractivity (Wildman–Crippen MR) is 106 cm³/mol. The number of nitrogen functional groups attached to an aromatic ring is 1. The van der Waals surface area contributed by atoms with Crippen LogP contribution in [-0.4, -0.2) is 35.1 Å². The minimum atomic E-state index is -0.663. The summed E-state index contributed by atoms with van der Waals surface area (Å²) in [4.78, 5) is 26.8. The van der Waals surface area contributed by atoms with Crippen molar-refractivity contribution in [3.8, 4) is 0 Å². The van der Waals surface area contributed by atoms with Crippen LogP contribution in [0.1, 0.15) is 53.0 Å². The van der Waals surface area contributed by atoms with E-state index in [-0.39, 0.29) is 5.91 Å². The number of rotatable bonds is 3. The Labute approximate surface area is 163 Å². The molecule has 1 aliphatic heterocycles. The molecule has 1 atom stereocenters. The molecule has 0 unspecified atom stereocenters. The highest BCUT2D eigenvalue weighted by Crippen LogP contribution is 2.29. The number of nitrogens with zero attached hydrogens (tertiary/aromatic N) is 1. The van der Waals surface area contributed by atoms with Crippen LogP contribution in [0.15, 0.2) is 22.7 Å². The van der Waals surface area contributed by atoms with Gasteiger partial charge in [-0.15, -0.1) is 0 Å². The van der Waals surface area contributed by atoms with Crippen molar-refractivity contribution in [1.82, 2.24) is 10.2 Å². The lowest BCUT2D eigenvalue weighted by atomic mass is 9.92. The van der Waals surface area contributed by atoms with Crippen molar-refractivity contribution in [2.45, 2.75) is 64.6 Å². The van der Waals surface area contributed by atoms with Gasteiger partial charge in [-0.1, -0.05) is 22.0 Å². The van der Waals surface area contributed by atoms with E-state index < -0.39 is 23.3 Å². The van der Waals surface area contributed by atoms with E-state index in [4.69, 9.17) is 10.5 Å². The maximum absolute atomic E-state index is 12.9. The number of anilines is 1. The van der Waals surface area contributed by atoms with Crippen molar-refractivity contribution in [2.75, 3.05) is 12.3 Å². The highest BCUT2D eigenvalue weighted by atomic mass is 79.9. The van der Waals surface area contributed by atoms with Crippen molar-refractivity contribution in [1.29, 1.82) is 0 Å². The van der Waals surface area contributed by atoms with Gasteiger partial charge in [0.25, 0.3) is 0 Å². The van der Waals surface area contributed by atoms with Crippen molar-refractivity contribution in [2.24, 2.45) is 0 Å². The smallest absolute Gasteiger partial charge is 0.410 e. The Hall–Kier alpha value is -1.76. The fraction of sp³-hybridized carbons (Fsp3) is 0.579. The molecular formula is C19H28BrN3O3. The molecule has 0 saturated carbocycles. The van der Waals surface area contributed by atoms with Gasteiger partial charge >= 0.3 is 6.09 Å². The van der Waals surface area contributed by atoms with Gasteiger partial charge in [0.05, 0.1) is 5.54 Å². The number of carbonyl (C=O) groups is 2. The van der Waals surface area contributed by atoms with Gasteiger partial charge in [-0.25, -0.2) is 4.79 Å². The zero-order chi connectivity index (χ0) is 19.7. The largest absolute Gasteiger partial charge is 0.444 e. The number of nitrogens with one attached hydrogen (secondary N) is 1. The van der Waals surface area contributed by atoms with E-state index in [0.717, 1.165) is 16.5 Å². The molecule has 0 radical (unpaired) electrons. The van der Waals surface area contributed by atoms with Crippen LogP contribution in [0.3, 0.4) is 0 Å². The zero-order valence-corrected chi connectivity index (χ0v) is 17.6. The Bertz CT molecular complexity index is 698. The van der Waals surface area contributed by atoms with Crippen LogP contribution in [-0.2, 0) is 15.1 Å². The molecule has 0 spiro atoms. The second kappa shape index (κ2) is 7.47. The third-order valence-corrected chi connectivity index (χ3v) is 4.80. The third kappa shape index (κ3) is 4.90. The molecule has 3 N–H and O–H groups in total. The summed E-state index contributed by atoms with van der Waals surface area (Å²) in [5, 5.41) is 3.04. The Balaban J connectivity index is 2.13. The molecule has 2 rings (SSSR count). The topological polar surface area (TPSA) is 84.7 Å². The number of halogens is 1. The van der Waals surface area contributed by atoms with Gasteiger partial charge < -0.3 is 15.8 Å². The Morgan fingerprint density at radius 3 is 2.50 bits per heavy atom. The molecule has 1 aliphatic rings. The number of ether oxygens (including phenoxy) is 1. The quantitative estimate of drug-likeness (QED) is 0.721. The van der Waals surface area contributed by atoms with Gasteiger partial charge in [0.15, 0.2) is 0 Å². The lowest BCUT2D eigenvalue weighted by molar-refractivity contribution is -0.127. The molecule has 7 heteroatoms. The van der Waals surface area contributed by atoms with Gasteiger partial charge in [-0.2, -0.15) is 0 Å². The van der Waals surface area contributed by atoms with Crippen LogP contribution in [0.2, 0.25) is 0 Å². The van der Waals surface area contributed by atoms with E-state index in [9.17, 15) is 9.59 Å². The van der Waals surface area contributed by atoms with Gasteiger partial charge in [-0.05, 0) is 65.2 Å². The number of likely N-dealkylation sites (tertiary alicyclic amines) is 1. The SMILES string of the molecule is CC(C)(C)OC(=O)N1CCC[C@H]1C(=O)NC(C)(C)c1ccc(Br)cc1N. The van der Waals surface area contributed by atoms with E-state index >= 15 is 0 Å². The van der Waals surface area contributed by atoms with Crippen LogP contribution >= 0.6 is 15.9 Å². The Morgan fingerprint density at radius 2 is 1.92 bits per heavy atom. The number of amides is 2. The molecule has 1 fully saturated rings. The predicted octanol–water partition coefficient (Wildman–Crippen LogP) is 3.78. The first-order chi connectivity index (χ1) is 11.9. The molecule has 1 saturated heterocycles. The number of nitrogens with two attached hydrogens (primary N) is 1. The van der Waals surface area contributed by atoms with Gasteiger partial charge in [0.1, 0.15) is 11.6 Å². The van der Waals surface area contributed by atoms with Crippen LogP contribution in [0.5, 0.6) is 0 Å². The summed E-state index contributed by atoms with van der Waals surface area (Å²) in [7, 11) is 0. The van der Waals surface area contributed by atoms with Crippen molar-refractivity contribution in [3.05, 3.63) is 28.2 Å². The Morgan fingerprint density at radius 1 is 1.27 bits per heavy atom. The molecular weight excluding hydrogens is 398 g/mol. The molecule has 0 aromatic heterocycles. The maximum atomic E-state index is 12.9. The van der Waals surface area contributed by atoms with E-state index in [0.29, 0.717) is 18.7 Å². The lowest BCUT2D eigenvalue weighted by Gasteiger charge is -2.32. The first kappa shape index (κ1) is 20.6. The maximum Gasteiger partial charge on any atom is 0.410 e. The summed E-state index contributed by atoms with van der Waals surface area (Å²) in [5.41, 5.74) is 6.29. The average Bonchev–Trinajstić information content (AvgIpc) is 2.93. The zero-order valence-electron chi connectivity index (χ0n) is 16.1. The summed E-state index contributed by atoms with van der Waals surface area (Å²) in [6.07, 6.45) is 0.950. The van der Waals surface area contributed by atoms with Gasteiger partial charge in [-0.3, -0.25) is 9.69 Å². The van der Waals surface area contributed by atoms with Crippen molar-refractivity contribution < 1.29 is 14.3 Å². The van der Waals surface area contributed by atoms with Gasteiger partial charge in [0, 0.05) is 16.7 Å². The highest BCUT2D eigenvalue weighted by molar-refractivity contribution is 9.10. The number of hydrogen-bond acceptors (Lipinski definition) is 4. The molecule has 1 aromatic rings. The van der Waals surface area contributed by atoms with E-state index in [1.54, 1.807) is 0 Å². The molecule has 2 amide bonds. The Kier molecular flexibility index (Phi) is 5.90. The van der Waals surface area contributed by atoms with E-state index in [1.807, 2.05) is 52.8 Å². The van der Waals surface area contributed by atoms with Crippen LogP contribution < -0.4 is 11.1 Å². The molecule has 0 bridgehead atoms. The molecule has 6 nitrogen and oxygen atoms in total. The summed E-state index contributed by atoms with van der Waals surface area (Å²) in [6.45, 7) is 9.77. The molecule has 1 aromatic carbocycles. The number of benzene rings is 1. The minimum Gasteiger partial charge on any atom is -0.444 e. The van der Waals surface area contributed by atoms with Crippen LogP contribution in [0.25, 0.3) is 0 Å². The summed E-state index contributed by atoms with van der Waals surface area (Å²) in [5.74, 6) is -0.194. The average molecular weight is 426 g/mol. The number of carbonyl (C=O) groups excluding carboxylic acids is 2. The summed E-state index contributed by atoms with van der Waals surface area (Å²) >= 11 is 3.39. The summed E-state index contributed by atoms with van der Waals surface area (Å²) in [6, 6.07) is 5.06.